The van der Waals surface area contributed by atoms with Crippen molar-refractivity contribution >= 4 is 17.6 Å². The minimum absolute atomic E-state index is 0.0999. The molecule has 0 spiro atoms. The average Bonchev–Trinajstić information content (AvgIpc) is 2.48. The van der Waals surface area contributed by atoms with Crippen LogP contribution in [0.1, 0.15) is 18.3 Å². The van der Waals surface area contributed by atoms with E-state index in [2.05, 4.69) is 20.3 Å². The maximum Gasteiger partial charge on any atom is 0.232 e. The Hall–Kier alpha value is -2.25. The van der Waals surface area contributed by atoms with Crippen molar-refractivity contribution in [3.8, 4) is 0 Å². The molecule has 0 saturated carbocycles. The Kier molecular flexibility index (Phi) is 5.62. The molecule has 0 amide bonds. The second-order valence-corrected chi connectivity index (χ2v) is 4.97. The summed E-state index contributed by atoms with van der Waals surface area (Å²) in [5, 5.41) is 12.2. The maximum absolute atomic E-state index is 9.05. The third-order valence-electron chi connectivity index (χ3n) is 3.32. The van der Waals surface area contributed by atoms with Gasteiger partial charge in [0.15, 0.2) is 0 Å². The highest BCUT2D eigenvalue weighted by molar-refractivity contribution is 5.58. The zero-order chi connectivity index (χ0) is 15.9. The van der Waals surface area contributed by atoms with Crippen LogP contribution in [0, 0.1) is 6.92 Å². The van der Waals surface area contributed by atoms with Crippen LogP contribution < -0.4 is 11.1 Å². The summed E-state index contributed by atoms with van der Waals surface area (Å²) in [6.45, 7) is 6.02. The standard InChI is InChI=1S/C15H22N6O/c1-3-21(8-9-22)10-13-18-14(16)20-15(19-13)17-12-7-5-4-6-11(12)2/h4-7,22H,3,8-10H2,1-2H3,(H3,16,17,18,19,20). The Labute approximate surface area is 130 Å². The number of hydrogen-bond donors (Lipinski definition) is 3. The highest BCUT2D eigenvalue weighted by atomic mass is 16.3. The molecule has 0 fully saturated rings. The quantitative estimate of drug-likeness (QED) is 0.709. The fraction of sp³-hybridized carbons (Fsp3) is 0.400. The summed E-state index contributed by atoms with van der Waals surface area (Å²) in [6, 6.07) is 7.88. The van der Waals surface area contributed by atoms with E-state index in [1.165, 1.54) is 0 Å². The predicted octanol–water partition coefficient (Wildman–Crippen LogP) is 1.32. The van der Waals surface area contributed by atoms with Gasteiger partial charge in [0.1, 0.15) is 5.82 Å². The fourth-order valence-corrected chi connectivity index (χ4v) is 2.09. The number of anilines is 3. The zero-order valence-electron chi connectivity index (χ0n) is 13.0. The predicted molar refractivity (Wildman–Crippen MR) is 86.7 cm³/mol. The number of aliphatic hydroxyl groups is 1. The van der Waals surface area contributed by atoms with Gasteiger partial charge in [-0.2, -0.15) is 15.0 Å². The maximum atomic E-state index is 9.05. The molecule has 0 aliphatic carbocycles. The summed E-state index contributed by atoms with van der Waals surface area (Å²) >= 11 is 0. The number of nitrogens with zero attached hydrogens (tertiary/aromatic N) is 4. The summed E-state index contributed by atoms with van der Waals surface area (Å²) in [6.07, 6.45) is 0. The number of nitrogens with two attached hydrogens (primary N) is 1. The number of aromatic nitrogens is 3. The summed E-state index contributed by atoms with van der Waals surface area (Å²) in [5.41, 5.74) is 7.80. The van der Waals surface area contributed by atoms with Crippen molar-refractivity contribution in [1.29, 1.82) is 0 Å². The molecule has 118 valence electrons. The first-order valence-electron chi connectivity index (χ1n) is 7.28. The van der Waals surface area contributed by atoms with E-state index in [1.807, 2.05) is 43.0 Å². The second-order valence-electron chi connectivity index (χ2n) is 4.97. The van der Waals surface area contributed by atoms with Gasteiger partial charge in [-0.1, -0.05) is 25.1 Å². The average molecular weight is 302 g/mol. The van der Waals surface area contributed by atoms with Crippen LogP contribution in [0.4, 0.5) is 17.6 Å². The van der Waals surface area contributed by atoms with Crippen LogP contribution in [0.3, 0.4) is 0 Å². The van der Waals surface area contributed by atoms with Crippen LogP contribution in [0.2, 0.25) is 0 Å². The largest absolute Gasteiger partial charge is 0.395 e. The Bertz CT molecular complexity index is 619. The summed E-state index contributed by atoms with van der Waals surface area (Å²) in [7, 11) is 0. The van der Waals surface area contributed by atoms with Gasteiger partial charge >= 0.3 is 0 Å². The second kappa shape index (κ2) is 7.67. The van der Waals surface area contributed by atoms with Gasteiger partial charge in [0.2, 0.25) is 11.9 Å². The van der Waals surface area contributed by atoms with E-state index in [1.54, 1.807) is 0 Å². The smallest absolute Gasteiger partial charge is 0.232 e. The highest BCUT2D eigenvalue weighted by Gasteiger charge is 2.09. The first kappa shape index (κ1) is 16.1. The van der Waals surface area contributed by atoms with Gasteiger partial charge in [0, 0.05) is 12.2 Å². The molecule has 22 heavy (non-hydrogen) atoms. The van der Waals surface area contributed by atoms with E-state index in [0.717, 1.165) is 17.8 Å². The first-order valence-corrected chi connectivity index (χ1v) is 7.28. The lowest BCUT2D eigenvalue weighted by molar-refractivity contribution is 0.194. The van der Waals surface area contributed by atoms with Crippen molar-refractivity contribution in [3.63, 3.8) is 0 Å². The number of likely N-dealkylation sites (N-methyl/N-ethyl adjacent to an activating group) is 1. The Morgan fingerprint density at radius 2 is 2.00 bits per heavy atom. The van der Waals surface area contributed by atoms with Crippen molar-refractivity contribution < 1.29 is 5.11 Å². The highest BCUT2D eigenvalue weighted by Crippen LogP contribution is 2.17. The van der Waals surface area contributed by atoms with Crippen LogP contribution in [0.15, 0.2) is 24.3 Å². The number of aryl methyl sites for hydroxylation is 1. The number of hydrogen-bond acceptors (Lipinski definition) is 7. The van der Waals surface area contributed by atoms with Gasteiger partial charge in [0.25, 0.3) is 0 Å². The molecule has 7 nitrogen and oxygen atoms in total. The molecule has 0 aliphatic rings. The number of para-hydroxylation sites is 1. The minimum Gasteiger partial charge on any atom is -0.395 e. The molecule has 2 rings (SSSR count). The summed E-state index contributed by atoms with van der Waals surface area (Å²) in [4.78, 5) is 14.7. The van der Waals surface area contributed by atoms with Gasteiger partial charge in [-0.25, -0.2) is 0 Å². The van der Waals surface area contributed by atoms with E-state index in [-0.39, 0.29) is 12.6 Å². The molecule has 0 radical (unpaired) electrons. The molecule has 7 heteroatoms. The van der Waals surface area contributed by atoms with Gasteiger partial charge in [-0.3, -0.25) is 4.90 Å². The molecule has 0 bridgehead atoms. The Balaban J connectivity index is 2.18. The molecular formula is C15H22N6O. The molecule has 1 aromatic heterocycles. The van der Waals surface area contributed by atoms with E-state index < -0.39 is 0 Å². The molecule has 1 aromatic carbocycles. The van der Waals surface area contributed by atoms with Crippen LogP contribution in [0.25, 0.3) is 0 Å². The van der Waals surface area contributed by atoms with Crippen LogP contribution in [-0.4, -0.2) is 44.7 Å². The molecule has 0 unspecified atom stereocenters. The normalized spacial score (nSPS) is 10.9. The zero-order valence-corrected chi connectivity index (χ0v) is 13.0. The molecule has 0 aliphatic heterocycles. The molecule has 0 atom stereocenters. The number of rotatable bonds is 7. The Morgan fingerprint density at radius 1 is 1.23 bits per heavy atom. The van der Waals surface area contributed by atoms with Crippen molar-refractivity contribution in [2.75, 3.05) is 30.7 Å². The lowest BCUT2D eigenvalue weighted by atomic mass is 10.2. The van der Waals surface area contributed by atoms with E-state index in [9.17, 15) is 0 Å². The van der Waals surface area contributed by atoms with E-state index >= 15 is 0 Å². The Morgan fingerprint density at radius 3 is 2.68 bits per heavy atom. The molecule has 1 heterocycles. The summed E-state index contributed by atoms with van der Waals surface area (Å²) in [5.74, 6) is 1.19. The number of aliphatic hydroxyl groups excluding tert-OH is 1. The van der Waals surface area contributed by atoms with Crippen LogP contribution in [-0.2, 0) is 6.54 Å². The molecule has 0 saturated heterocycles. The fourth-order valence-electron chi connectivity index (χ4n) is 2.09. The lowest BCUT2D eigenvalue weighted by Gasteiger charge is -2.18. The van der Waals surface area contributed by atoms with E-state index in [0.29, 0.717) is 24.9 Å². The first-order chi connectivity index (χ1) is 10.6. The monoisotopic (exact) mass is 302 g/mol. The number of nitrogen functional groups attached to an aromatic ring is 1. The van der Waals surface area contributed by atoms with Gasteiger partial charge in [0.05, 0.1) is 13.2 Å². The minimum atomic E-state index is 0.0999. The third-order valence-corrected chi connectivity index (χ3v) is 3.32. The summed E-state index contributed by atoms with van der Waals surface area (Å²) < 4.78 is 0. The number of benzene rings is 1. The molecule has 2 aromatic rings. The van der Waals surface area contributed by atoms with Crippen LogP contribution >= 0.6 is 0 Å². The lowest BCUT2D eigenvalue weighted by Crippen LogP contribution is -2.27. The van der Waals surface area contributed by atoms with Crippen molar-refractivity contribution in [1.82, 2.24) is 19.9 Å². The van der Waals surface area contributed by atoms with E-state index in [4.69, 9.17) is 10.8 Å². The van der Waals surface area contributed by atoms with Gasteiger partial charge < -0.3 is 16.2 Å². The van der Waals surface area contributed by atoms with Crippen molar-refractivity contribution in [3.05, 3.63) is 35.7 Å². The third kappa shape index (κ3) is 4.37. The molecule has 4 N–H and O–H groups in total. The number of nitrogens with one attached hydrogen (secondary N) is 1. The SMILES string of the molecule is CCN(CCO)Cc1nc(N)nc(Nc2ccccc2C)n1. The van der Waals surface area contributed by atoms with Gasteiger partial charge in [-0.05, 0) is 25.1 Å². The molecular weight excluding hydrogens is 280 g/mol. The van der Waals surface area contributed by atoms with Crippen molar-refractivity contribution in [2.45, 2.75) is 20.4 Å². The topological polar surface area (TPSA) is 100 Å². The van der Waals surface area contributed by atoms with Gasteiger partial charge in [-0.15, -0.1) is 0 Å². The van der Waals surface area contributed by atoms with Crippen molar-refractivity contribution in [2.24, 2.45) is 0 Å². The van der Waals surface area contributed by atoms with Crippen LogP contribution in [0.5, 0.6) is 0 Å².